The van der Waals surface area contributed by atoms with E-state index in [9.17, 15) is 4.79 Å². The van der Waals surface area contributed by atoms with Crippen molar-refractivity contribution >= 4 is 17.4 Å². The second-order valence-corrected chi connectivity index (χ2v) is 5.65. The quantitative estimate of drug-likeness (QED) is 0.888. The number of carbonyl (C=O) groups excluding carboxylic acids is 1. The minimum absolute atomic E-state index is 0.115. The highest BCUT2D eigenvalue weighted by atomic mass is 32.1. The SMILES string of the molecule is CC(CN)CN1CC(c2cccs2)N(C)C1=O. The standard InChI is InChI=1S/C12H19N3OS/c1-9(6-13)7-15-8-10(14(2)12(15)16)11-4-3-5-17-11/h3-5,9-10H,6-8,13H2,1-2H3. The lowest BCUT2D eigenvalue weighted by atomic mass is 10.1. The number of nitrogens with two attached hydrogens (primary N) is 1. The Bertz CT molecular complexity index is 379. The van der Waals surface area contributed by atoms with Crippen LogP contribution in [-0.4, -0.2) is 42.5 Å². The minimum atomic E-state index is 0.115. The third-order valence-corrected chi connectivity index (χ3v) is 4.21. The Labute approximate surface area is 106 Å². The Kier molecular flexibility index (Phi) is 3.69. The van der Waals surface area contributed by atoms with Crippen LogP contribution in [0.5, 0.6) is 0 Å². The number of amides is 2. The number of hydrogen-bond acceptors (Lipinski definition) is 3. The molecule has 1 aromatic rings. The van der Waals surface area contributed by atoms with Crippen molar-refractivity contribution in [2.24, 2.45) is 11.7 Å². The average molecular weight is 253 g/mol. The molecule has 0 aliphatic carbocycles. The first-order valence-electron chi connectivity index (χ1n) is 5.88. The molecular formula is C12H19N3OS. The van der Waals surface area contributed by atoms with Crippen LogP contribution in [0.2, 0.25) is 0 Å². The van der Waals surface area contributed by atoms with E-state index >= 15 is 0 Å². The van der Waals surface area contributed by atoms with E-state index in [-0.39, 0.29) is 12.1 Å². The first kappa shape index (κ1) is 12.4. The Hall–Kier alpha value is -1.07. The van der Waals surface area contributed by atoms with Crippen LogP contribution in [0, 0.1) is 5.92 Å². The van der Waals surface area contributed by atoms with Crippen molar-refractivity contribution in [1.29, 1.82) is 0 Å². The highest BCUT2D eigenvalue weighted by Crippen LogP contribution is 2.31. The number of nitrogens with zero attached hydrogens (tertiary/aromatic N) is 2. The maximum atomic E-state index is 12.1. The van der Waals surface area contributed by atoms with Gasteiger partial charge in [0.1, 0.15) is 0 Å². The van der Waals surface area contributed by atoms with Crippen LogP contribution < -0.4 is 5.73 Å². The largest absolute Gasteiger partial charge is 0.330 e. The van der Waals surface area contributed by atoms with Gasteiger partial charge in [0.2, 0.25) is 0 Å². The van der Waals surface area contributed by atoms with Crippen LogP contribution in [0.3, 0.4) is 0 Å². The van der Waals surface area contributed by atoms with Crippen molar-refractivity contribution in [1.82, 2.24) is 9.80 Å². The predicted molar refractivity (Wildman–Crippen MR) is 70.0 cm³/mol. The van der Waals surface area contributed by atoms with Gasteiger partial charge in [0.05, 0.1) is 6.04 Å². The summed E-state index contributed by atoms with van der Waals surface area (Å²) in [5.41, 5.74) is 5.61. The first-order chi connectivity index (χ1) is 8.13. The zero-order valence-corrected chi connectivity index (χ0v) is 11.1. The Balaban J connectivity index is 2.07. The van der Waals surface area contributed by atoms with Crippen LogP contribution in [0.1, 0.15) is 17.8 Å². The Morgan fingerprint density at radius 3 is 3.00 bits per heavy atom. The number of rotatable bonds is 4. The molecule has 2 amide bonds. The summed E-state index contributed by atoms with van der Waals surface area (Å²) in [4.78, 5) is 17.1. The lowest BCUT2D eigenvalue weighted by molar-refractivity contribution is 0.191. The molecular weight excluding hydrogens is 234 g/mol. The smallest absolute Gasteiger partial charge is 0.320 e. The van der Waals surface area contributed by atoms with E-state index < -0.39 is 0 Å². The van der Waals surface area contributed by atoms with Gasteiger partial charge in [-0.2, -0.15) is 0 Å². The summed E-state index contributed by atoms with van der Waals surface area (Å²) in [7, 11) is 1.87. The molecule has 2 atom stereocenters. The summed E-state index contributed by atoms with van der Waals surface area (Å²) >= 11 is 1.71. The van der Waals surface area contributed by atoms with E-state index in [1.165, 1.54) is 4.88 Å². The van der Waals surface area contributed by atoms with Gasteiger partial charge in [-0.15, -0.1) is 11.3 Å². The maximum absolute atomic E-state index is 12.1. The molecule has 0 saturated carbocycles. The van der Waals surface area contributed by atoms with E-state index in [0.717, 1.165) is 13.1 Å². The van der Waals surface area contributed by atoms with Crippen molar-refractivity contribution in [3.8, 4) is 0 Å². The molecule has 94 valence electrons. The Morgan fingerprint density at radius 2 is 2.41 bits per heavy atom. The van der Waals surface area contributed by atoms with Crippen molar-refractivity contribution in [2.75, 3.05) is 26.7 Å². The van der Waals surface area contributed by atoms with E-state index in [4.69, 9.17) is 5.73 Å². The van der Waals surface area contributed by atoms with Crippen molar-refractivity contribution in [2.45, 2.75) is 13.0 Å². The fraction of sp³-hybridized carbons (Fsp3) is 0.583. The second-order valence-electron chi connectivity index (χ2n) is 4.67. The fourth-order valence-corrected chi connectivity index (χ4v) is 2.99. The van der Waals surface area contributed by atoms with Gasteiger partial charge in [-0.25, -0.2) is 4.79 Å². The number of urea groups is 1. The van der Waals surface area contributed by atoms with Crippen LogP contribution in [0.15, 0.2) is 17.5 Å². The maximum Gasteiger partial charge on any atom is 0.320 e. The number of carbonyl (C=O) groups is 1. The van der Waals surface area contributed by atoms with Crippen LogP contribution in [0.25, 0.3) is 0 Å². The second kappa shape index (κ2) is 5.06. The monoisotopic (exact) mass is 253 g/mol. The Morgan fingerprint density at radius 1 is 1.65 bits per heavy atom. The summed E-state index contributed by atoms with van der Waals surface area (Å²) in [5.74, 6) is 0.356. The number of hydrogen-bond donors (Lipinski definition) is 1. The molecule has 17 heavy (non-hydrogen) atoms. The molecule has 2 N–H and O–H groups in total. The molecule has 0 spiro atoms. The topological polar surface area (TPSA) is 49.6 Å². The highest BCUT2D eigenvalue weighted by Gasteiger charge is 2.36. The molecule has 1 aliphatic heterocycles. The molecule has 2 heterocycles. The summed E-state index contributed by atoms with van der Waals surface area (Å²) in [6.45, 7) is 4.23. The molecule has 1 aromatic heterocycles. The van der Waals surface area contributed by atoms with E-state index in [0.29, 0.717) is 12.5 Å². The van der Waals surface area contributed by atoms with Gasteiger partial charge in [-0.05, 0) is 23.9 Å². The van der Waals surface area contributed by atoms with E-state index in [2.05, 4.69) is 18.4 Å². The van der Waals surface area contributed by atoms with E-state index in [1.54, 1.807) is 11.3 Å². The van der Waals surface area contributed by atoms with Gasteiger partial charge in [0.15, 0.2) is 0 Å². The lowest BCUT2D eigenvalue weighted by Gasteiger charge is -2.19. The first-order valence-corrected chi connectivity index (χ1v) is 6.76. The van der Waals surface area contributed by atoms with Crippen LogP contribution >= 0.6 is 11.3 Å². The molecule has 4 nitrogen and oxygen atoms in total. The minimum Gasteiger partial charge on any atom is -0.330 e. The molecule has 0 aromatic carbocycles. The van der Waals surface area contributed by atoms with Crippen LogP contribution in [0.4, 0.5) is 4.79 Å². The average Bonchev–Trinajstić information content (AvgIpc) is 2.92. The highest BCUT2D eigenvalue weighted by molar-refractivity contribution is 7.10. The fourth-order valence-electron chi connectivity index (χ4n) is 2.13. The van der Waals surface area contributed by atoms with E-state index in [1.807, 2.05) is 22.9 Å². The molecule has 1 fully saturated rings. The van der Waals surface area contributed by atoms with Crippen molar-refractivity contribution in [3.05, 3.63) is 22.4 Å². The summed E-state index contributed by atoms with van der Waals surface area (Å²) < 4.78 is 0. The van der Waals surface area contributed by atoms with Crippen molar-refractivity contribution < 1.29 is 4.79 Å². The molecule has 5 heteroatoms. The molecule has 2 rings (SSSR count). The molecule has 2 unspecified atom stereocenters. The third-order valence-electron chi connectivity index (χ3n) is 3.24. The van der Waals surface area contributed by atoms with Gasteiger partial charge >= 0.3 is 6.03 Å². The molecule has 1 saturated heterocycles. The van der Waals surface area contributed by atoms with Gasteiger partial charge in [-0.3, -0.25) is 0 Å². The van der Waals surface area contributed by atoms with Gasteiger partial charge < -0.3 is 15.5 Å². The summed E-state index contributed by atoms with van der Waals surface area (Å²) in [6, 6.07) is 4.44. The zero-order valence-electron chi connectivity index (χ0n) is 10.3. The van der Waals surface area contributed by atoms with Crippen LogP contribution in [-0.2, 0) is 0 Å². The summed E-state index contributed by atoms with van der Waals surface area (Å²) in [5, 5.41) is 2.05. The number of likely N-dealkylation sites (N-methyl/N-ethyl adjacent to an activating group) is 1. The van der Waals surface area contributed by atoms with Gasteiger partial charge in [0.25, 0.3) is 0 Å². The number of thiophene rings is 1. The third kappa shape index (κ3) is 2.45. The molecule has 0 radical (unpaired) electrons. The molecule has 0 bridgehead atoms. The van der Waals surface area contributed by atoms with Crippen molar-refractivity contribution in [3.63, 3.8) is 0 Å². The summed E-state index contributed by atoms with van der Waals surface area (Å²) in [6.07, 6.45) is 0. The van der Waals surface area contributed by atoms with Gasteiger partial charge in [0, 0.05) is 25.0 Å². The lowest BCUT2D eigenvalue weighted by Crippen LogP contribution is -2.34. The molecule has 1 aliphatic rings. The predicted octanol–water partition coefficient (Wildman–Crippen LogP) is 1.75. The zero-order chi connectivity index (χ0) is 12.4. The van der Waals surface area contributed by atoms with Gasteiger partial charge in [-0.1, -0.05) is 13.0 Å². The normalized spacial score (nSPS) is 22.3.